The van der Waals surface area contributed by atoms with Crippen LogP contribution in [0, 0.1) is 6.92 Å². The molecule has 0 unspecified atom stereocenters. The molecule has 0 aromatic heterocycles. The van der Waals surface area contributed by atoms with Crippen LogP contribution in [0.15, 0.2) is 53.4 Å². The van der Waals surface area contributed by atoms with E-state index in [-0.39, 0.29) is 11.5 Å². The molecule has 0 N–H and O–H groups in total. The third-order valence-electron chi connectivity index (χ3n) is 3.47. The van der Waals surface area contributed by atoms with Crippen LogP contribution in [0.2, 0.25) is 0 Å². The van der Waals surface area contributed by atoms with E-state index in [0.717, 1.165) is 17.0 Å². The normalized spacial score (nSPS) is 11.3. The number of rotatable bonds is 7. The Morgan fingerprint density at radius 3 is 2.43 bits per heavy atom. The summed E-state index contributed by atoms with van der Waals surface area (Å²) in [6, 6.07) is 14.2. The second kappa shape index (κ2) is 7.48. The highest BCUT2D eigenvalue weighted by Crippen LogP contribution is 2.20. The summed E-state index contributed by atoms with van der Waals surface area (Å²) in [5.41, 5.74) is 1.93. The molecule has 6 heteroatoms. The fraction of sp³-hybridized carbons (Fsp3) is 0.294. The van der Waals surface area contributed by atoms with Gasteiger partial charge in [-0.1, -0.05) is 23.8 Å². The van der Waals surface area contributed by atoms with Crippen LogP contribution in [0.1, 0.15) is 5.56 Å². The van der Waals surface area contributed by atoms with Gasteiger partial charge < -0.3 is 9.64 Å². The molecular formula is C17H21NO4S. The zero-order chi connectivity index (χ0) is 16.9. The van der Waals surface area contributed by atoms with Crippen molar-refractivity contribution < 1.29 is 17.3 Å². The maximum Gasteiger partial charge on any atom is 0.297 e. The maximum atomic E-state index is 12.1. The lowest BCUT2D eigenvalue weighted by Crippen LogP contribution is -2.24. The van der Waals surface area contributed by atoms with Gasteiger partial charge in [0.2, 0.25) is 0 Å². The predicted molar refractivity (Wildman–Crippen MR) is 90.6 cm³/mol. The largest absolute Gasteiger partial charge is 0.497 e. The molecule has 23 heavy (non-hydrogen) atoms. The SMILES string of the molecule is COc1cccc(N(C)CCOS(=O)(=O)c2ccc(C)cc2)c1. The Morgan fingerprint density at radius 1 is 1.09 bits per heavy atom. The van der Waals surface area contributed by atoms with Gasteiger partial charge in [0.25, 0.3) is 10.1 Å². The molecule has 5 nitrogen and oxygen atoms in total. The Bertz CT molecular complexity index is 741. The van der Waals surface area contributed by atoms with E-state index in [1.807, 2.05) is 43.1 Å². The summed E-state index contributed by atoms with van der Waals surface area (Å²) in [4.78, 5) is 2.08. The molecule has 124 valence electrons. The van der Waals surface area contributed by atoms with Gasteiger partial charge >= 0.3 is 0 Å². The van der Waals surface area contributed by atoms with E-state index in [0.29, 0.717) is 6.54 Å². The van der Waals surface area contributed by atoms with Gasteiger partial charge in [0, 0.05) is 25.3 Å². The first-order chi connectivity index (χ1) is 10.9. The first-order valence-corrected chi connectivity index (χ1v) is 8.64. The van der Waals surface area contributed by atoms with Gasteiger partial charge in [0.15, 0.2) is 0 Å². The van der Waals surface area contributed by atoms with E-state index in [2.05, 4.69) is 0 Å². The number of benzene rings is 2. The molecule has 0 saturated heterocycles. The van der Waals surface area contributed by atoms with Crippen LogP contribution in [0.4, 0.5) is 5.69 Å². The van der Waals surface area contributed by atoms with Crippen molar-refractivity contribution in [2.24, 2.45) is 0 Å². The molecule has 2 rings (SSSR count). The van der Waals surface area contributed by atoms with E-state index in [1.165, 1.54) is 0 Å². The number of methoxy groups -OCH3 is 1. The molecule has 0 saturated carbocycles. The standard InChI is InChI=1S/C17H21NO4S/c1-14-7-9-17(10-8-14)23(19,20)22-12-11-18(2)15-5-4-6-16(13-15)21-3/h4-10,13H,11-12H2,1-3H3. The first kappa shape index (κ1) is 17.3. The van der Waals surface area contributed by atoms with Crippen molar-refractivity contribution in [1.29, 1.82) is 0 Å². The smallest absolute Gasteiger partial charge is 0.297 e. The van der Waals surface area contributed by atoms with Crippen LogP contribution in [-0.2, 0) is 14.3 Å². The Hall–Kier alpha value is -2.05. The minimum absolute atomic E-state index is 0.0733. The summed E-state index contributed by atoms with van der Waals surface area (Å²) in [6.07, 6.45) is 0. The molecule has 2 aromatic carbocycles. The summed E-state index contributed by atoms with van der Waals surface area (Å²) in [7, 11) is -0.240. The average molecular weight is 335 g/mol. The van der Waals surface area contributed by atoms with Gasteiger partial charge in [-0.3, -0.25) is 4.18 Å². The first-order valence-electron chi connectivity index (χ1n) is 7.23. The van der Waals surface area contributed by atoms with Gasteiger partial charge in [-0.25, -0.2) is 0 Å². The minimum Gasteiger partial charge on any atom is -0.497 e. The zero-order valence-corrected chi connectivity index (χ0v) is 14.3. The molecule has 0 bridgehead atoms. The summed E-state index contributed by atoms with van der Waals surface area (Å²) in [6.45, 7) is 2.42. The highest BCUT2D eigenvalue weighted by atomic mass is 32.2. The van der Waals surface area contributed by atoms with Crippen LogP contribution in [0.5, 0.6) is 5.75 Å². The monoisotopic (exact) mass is 335 g/mol. The van der Waals surface area contributed by atoms with Crippen molar-refractivity contribution in [2.75, 3.05) is 32.2 Å². The number of anilines is 1. The molecule has 2 aromatic rings. The van der Waals surface area contributed by atoms with E-state index in [4.69, 9.17) is 8.92 Å². The topological polar surface area (TPSA) is 55.8 Å². The van der Waals surface area contributed by atoms with Crippen LogP contribution in [0.25, 0.3) is 0 Å². The third kappa shape index (κ3) is 4.71. The molecule has 0 aliphatic heterocycles. The highest BCUT2D eigenvalue weighted by Gasteiger charge is 2.15. The molecular weight excluding hydrogens is 314 g/mol. The molecule has 0 heterocycles. The van der Waals surface area contributed by atoms with E-state index in [1.54, 1.807) is 31.4 Å². The molecule has 0 atom stereocenters. The number of ether oxygens (including phenoxy) is 1. The summed E-state index contributed by atoms with van der Waals surface area (Å²) >= 11 is 0. The van der Waals surface area contributed by atoms with E-state index < -0.39 is 10.1 Å². The quantitative estimate of drug-likeness (QED) is 0.728. The van der Waals surface area contributed by atoms with Crippen molar-refractivity contribution in [3.63, 3.8) is 0 Å². The minimum atomic E-state index is -3.72. The fourth-order valence-electron chi connectivity index (χ4n) is 2.03. The van der Waals surface area contributed by atoms with Gasteiger partial charge in [-0.05, 0) is 31.2 Å². The van der Waals surface area contributed by atoms with E-state index >= 15 is 0 Å². The van der Waals surface area contributed by atoms with Crippen molar-refractivity contribution >= 4 is 15.8 Å². The van der Waals surface area contributed by atoms with Gasteiger partial charge in [-0.15, -0.1) is 0 Å². The third-order valence-corrected chi connectivity index (χ3v) is 4.80. The predicted octanol–water partition coefficient (Wildman–Crippen LogP) is 2.85. The van der Waals surface area contributed by atoms with Crippen molar-refractivity contribution in [1.82, 2.24) is 0 Å². The van der Waals surface area contributed by atoms with Crippen LogP contribution in [0.3, 0.4) is 0 Å². The number of nitrogens with zero attached hydrogens (tertiary/aromatic N) is 1. The summed E-state index contributed by atoms with van der Waals surface area (Å²) in [5.74, 6) is 0.752. The summed E-state index contributed by atoms with van der Waals surface area (Å²) < 4.78 is 34.5. The molecule has 0 amide bonds. The van der Waals surface area contributed by atoms with Gasteiger partial charge in [0.05, 0.1) is 18.6 Å². The molecule has 0 fully saturated rings. The zero-order valence-electron chi connectivity index (χ0n) is 13.5. The van der Waals surface area contributed by atoms with Gasteiger partial charge in [-0.2, -0.15) is 8.42 Å². The Morgan fingerprint density at radius 2 is 1.78 bits per heavy atom. The molecule has 0 spiro atoms. The van der Waals surface area contributed by atoms with E-state index in [9.17, 15) is 8.42 Å². The van der Waals surface area contributed by atoms with Crippen molar-refractivity contribution in [3.8, 4) is 5.75 Å². The number of likely N-dealkylation sites (N-methyl/N-ethyl adjacent to an activating group) is 1. The van der Waals surface area contributed by atoms with Crippen molar-refractivity contribution in [2.45, 2.75) is 11.8 Å². The Balaban J connectivity index is 1.94. The highest BCUT2D eigenvalue weighted by molar-refractivity contribution is 7.86. The number of aryl methyl sites for hydroxylation is 1. The second-order valence-electron chi connectivity index (χ2n) is 5.21. The molecule has 0 aliphatic carbocycles. The number of hydrogen-bond donors (Lipinski definition) is 0. The lowest BCUT2D eigenvalue weighted by atomic mass is 10.2. The lowest BCUT2D eigenvalue weighted by Gasteiger charge is -2.19. The lowest BCUT2D eigenvalue weighted by molar-refractivity contribution is 0.325. The van der Waals surface area contributed by atoms with Crippen LogP contribution in [-0.4, -0.2) is 35.7 Å². The Kier molecular flexibility index (Phi) is 5.63. The van der Waals surface area contributed by atoms with Gasteiger partial charge in [0.1, 0.15) is 5.75 Å². The summed E-state index contributed by atoms with van der Waals surface area (Å²) in [5, 5.41) is 0. The van der Waals surface area contributed by atoms with Crippen LogP contribution < -0.4 is 9.64 Å². The number of hydrogen-bond acceptors (Lipinski definition) is 5. The fourth-order valence-corrected chi connectivity index (χ4v) is 2.93. The van der Waals surface area contributed by atoms with Crippen LogP contribution >= 0.6 is 0 Å². The van der Waals surface area contributed by atoms with Crippen molar-refractivity contribution in [3.05, 3.63) is 54.1 Å². The molecule has 0 aliphatic rings. The second-order valence-corrected chi connectivity index (χ2v) is 6.83. The maximum absolute atomic E-state index is 12.1. The average Bonchev–Trinajstić information content (AvgIpc) is 2.55. The Labute approximate surface area is 137 Å². The molecule has 0 radical (unpaired) electrons.